The van der Waals surface area contributed by atoms with E-state index in [9.17, 15) is 9.59 Å². The summed E-state index contributed by atoms with van der Waals surface area (Å²) in [5, 5.41) is 0.159. The molecule has 1 unspecified atom stereocenters. The van der Waals surface area contributed by atoms with Gasteiger partial charge < -0.3 is 4.74 Å². The molecule has 0 radical (unpaired) electrons. The van der Waals surface area contributed by atoms with Crippen LogP contribution in [0.1, 0.15) is 26.2 Å². The number of amides is 1. The first-order valence-corrected chi connectivity index (χ1v) is 6.60. The first kappa shape index (κ1) is 11.5. The van der Waals surface area contributed by atoms with Gasteiger partial charge in [-0.2, -0.15) is 0 Å². The van der Waals surface area contributed by atoms with E-state index in [1.165, 1.54) is 0 Å². The van der Waals surface area contributed by atoms with E-state index < -0.39 is 0 Å². The first-order valence-electron chi connectivity index (χ1n) is 5.55. The normalized spacial score (nSPS) is 23.3. The number of nitrogens with zero attached hydrogens (tertiary/aromatic N) is 1. The van der Waals surface area contributed by atoms with Crippen molar-refractivity contribution in [3.63, 3.8) is 0 Å². The lowest BCUT2D eigenvalue weighted by Gasteiger charge is -2.42. The van der Waals surface area contributed by atoms with Crippen molar-refractivity contribution in [3.8, 4) is 0 Å². The summed E-state index contributed by atoms with van der Waals surface area (Å²) in [6.07, 6.45) is 4.19. The largest absolute Gasteiger partial charge is 0.461 e. The number of thioether (sulfide) groups is 1. The van der Waals surface area contributed by atoms with E-state index in [0.717, 1.165) is 18.6 Å². The predicted molar refractivity (Wildman–Crippen MR) is 61.7 cm³/mol. The van der Waals surface area contributed by atoms with Crippen molar-refractivity contribution in [1.82, 2.24) is 4.90 Å². The lowest BCUT2D eigenvalue weighted by atomic mass is 10.1. The van der Waals surface area contributed by atoms with Crippen LogP contribution in [0, 0.1) is 0 Å². The van der Waals surface area contributed by atoms with E-state index in [2.05, 4.69) is 0 Å². The quantitative estimate of drug-likeness (QED) is 0.425. The van der Waals surface area contributed by atoms with Crippen LogP contribution in [0.15, 0.2) is 11.8 Å². The number of carbonyl (C=O) groups excluding carboxylic acids is 2. The van der Waals surface area contributed by atoms with Crippen LogP contribution < -0.4 is 0 Å². The maximum atomic E-state index is 11.7. The third-order valence-corrected chi connectivity index (χ3v) is 3.79. The van der Waals surface area contributed by atoms with Crippen molar-refractivity contribution >= 4 is 23.6 Å². The second-order valence-corrected chi connectivity index (χ2v) is 5.05. The molecule has 0 spiro atoms. The summed E-state index contributed by atoms with van der Waals surface area (Å²) in [5.41, 5.74) is 0.441. The molecule has 1 amide bonds. The fourth-order valence-corrected chi connectivity index (χ4v) is 2.83. The van der Waals surface area contributed by atoms with Gasteiger partial charge in [-0.1, -0.05) is 13.3 Å². The highest BCUT2D eigenvalue weighted by Crippen LogP contribution is 2.37. The van der Waals surface area contributed by atoms with Crippen LogP contribution in [-0.2, 0) is 14.3 Å². The molecular formula is C11H15NO3S. The summed E-state index contributed by atoms with van der Waals surface area (Å²) >= 11 is 1.69. The minimum absolute atomic E-state index is 0.0240. The van der Waals surface area contributed by atoms with Crippen LogP contribution in [0.2, 0.25) is 0 Å². The fourth-order valence-electron chi connectivity index (χ4n) is 1.71. The molecule has 2 aliphatic heterocycles. The topological polar surface area (TPSA) is 46.6 Å². The number of ether oxygens (including phenoxy) is 1. The van der Waals surface area contributed by atoms with Crippen LogP contribution in [0.3, 0.4) is 0 Å². The smallest absolute Gasteiger partial charge is 0.354 e. The van der Waals surface area contributed by atoms with E-state index in [1.54, 1.807) is 22.7 Å². The Morgan fingerprint density at radius 2 is 2.50 bits per heavy atom. The number of hydrogen-bond donors (Lipinski definition) is 0. The van der Waals surface area contributed by atoms with E-state index in [1.807, 2.05) is 6.92 Å². The summed E-state index contributed by atoms with van der Waals surface area (Å²) < 4.78 is 5.11. The molecule has 5 heteroatoms. The molecule has 2 aliphatic rings. The minimum Gasteiger partial charge on any atom is -0.461 e. The molecule has 2 rings (SSSR count). The average molecular weight is 241 g/mol. The van der Waals surface area contributed by atoms with Crippen molar-refractivity contribution in [1.29, 1.82) is 0 Å². The van der Waals surface area contributed by atoms with Crippen molar-refractivity contribution < 1.29 is 14.3 Å². The molecule has 0 bridgehead atoms. The number of carbonyl (C=O) groups is 2. The Balaban J connectivity index is 1.94. The lowest BCUT2D eigenvalue weighted by Crippen LogP contribution is -2.53. The number of unbranched alkanes of at least 4 members (excludes halogenated alkanes) is 1. The van der Waals surface area contributed by atoms with Crippen molar-refractivity contribution in [2.75, 3.05) is 12.4 Å². The van der Waals surface area contributed by atoms with Gasteiger partial charge in [0.2, 0.25) is 5.91 Å². The molecule has 1 saturated heterocycles. The van der Waals surface area contributed by atoms with Gasteiger partial charge in [0.05, 0.1) is 18.4 Å². The van der Waals surface area contributed by atoms with Gasteiger partial charge in [0.1, 0.15) is 5.70 Å². The molecule has 0 aromatic carbocycles. The molecule has 2 heterocycles. The molecule has 4 nitrogen and oxygen atoms in total. The standard InChI is InChI=1S/C11H15NO3S/c1-2-3-5-15-11(14)8-4-6-16-10-7-9(13)12(8)10/h4,10H,2-3,5-7H2,1H3. The van der Waals surface area contributed by atoms with Crippen molar-refractivity contribution in [3.05, 3.63) is 11.8 Å². The van der Waals surface area contributed by atoms with E-state index in [-0.39, 0.29) is 17.3 Å². The summed E-state index contributed by atoms with van der Waals surface area (Å²) in [4.78, 5) is 24.6. The Kier molecular flexibility index (Phi) is 3.53. The van der Waals surface area contributed by atoms with Crippen LogP contribution in [0.5, 0.6) is 0 Å². The summed E-state index contributed by atoms with van der Waals surface area (Å²) in [7, 11) is 0. The molecule has 1 fully saturated rings. The zero-order valence-corrected chi connectivity index (χ0v) is 10.1. The average Bonchev–Trinajstić information content (AvgIpc) is 2.27. The van der Waals surface area contributed by atoms with Gasteiger partial charge >= 0.3 is 5.97 Å². The highest BCUT2D eigenvalue weighted by Gasteiger charge is 2.43. The molecule has 0 aliphatic carbocycles. The third-order valence-electron chi connectivity index (χ3n) is 2.67. The summed E-state index contributed by atoms with van der Waals surface area (Å²) in [6.45, 7) is 2.48. The van der Waals surface area contributed by atoms with Crippen molar-refractivity contribution in [2.45, 2.75) is 31.6 Å². The second-order valence-electron chi connectivity index (χ2n) is 3.83. The molecular weight excluding hydrogens is 226 g/mol. The highest BCUT2D eigenvalue weighted by molar-refractivity contribution is 8.00. The fraction of sp³-hybridized carbons (Fsp3) is 0.636. The van der Waals surface area contributed by atoms with Gasteiger partial charge in [-0.25, -0.2) is 4.79 Å². The summed E-state index contributed by atoms with van der Waals surface area (Å²) in [5.74, 6) is 0.454. The van der Waals surface area contributed by atoms with Crippen LogP contribution >= 0.6 is 11.8 Å². The molecule has 0 saturated carbocycles. The zero-order valence-electron chi connectivity index (χ0n) is 9.27. The highest BCUT2D eigenvalue weighted by atomic mass is 32.2. The van der Waals surface area contributed by atoms with Crippen LogP contribution in [-0.4, -0.2) is 34.5 Å². The minimum atomic E-state index is -0.355. The Bertz CT molecular complexity index is 340. The molecule has 0 aromatic rings. The third kappa shape index (κ3) is 2.09. The number of hydrogen-bond acceptors (Lipinski definition) is 4. The zero-order chi connectivity index (χ0) is 11.5. The predicted octanol–water partition coefficient (Wildman–Crippen LogP) is 1.52. The molecule has 1 atom stereocenters. The van der Waals surface area contributed by atoms with Gasteiger partial charge in [0.25, 0.3) is 0 Å². The second kappa shape index (κ2) is 4.91. The number of rotatable bonds is 4. The van der Waals surface area contributed by atoms with Crippen molar-refractivity contribution in [2.24, 2.45) is 0 Å². The Hall–Kier alpha value is -0.970. The Labute approximate surface area is 99.0 Å². The number of esters is 1. The monoisotopic (exact) mass is 241 g/mol. The van der Waals surface area contributed by atoms with Gasteiger partial charge in [0, 0.05) is 5.75 Å². The molecule has 88 valence electrons. The first-order chi connectivity index (χ1) is 7.74. The van der Waals surface area contributed by atoms with Gasteiger partial charge in [-0.3, -0.25) is 9.69 Å². The summed E-state index contributed by atoms with van der Waals surface area (Å²) in [6, 6.07) is 0. The van der Waals surface area contributed by atoms with Crippen LogP contribution in [0.4, 0.5) is 0 Å². The van der Waals surface area contributed by atoms with Gasteiger partial charge in [0.15, 0.2) is 0 Å². The van der Waals surface area contributed by atoms with E-state index in [0.29, 0.717) is 18.7 Å². The molecule has 0 aromatic heterocycles. The Morgan fingerprint density at radius 3 is 3.19 bits per heavy atom. The van der Waals surface area contributed by atoms with E-state index in [4.69, 9.17) is 4.74 Å². The Morgan fingerprint density at radius 1 is 1.69 bits per heavy atom. The van der Waals surface area contributed by atoms with Gasteiger partial charge in [-0.05, 0) is 12.5 Å². The maximum absolute atomic E-state index is 11.7. The maximum Gasteiger partial charge on any atom is 0.354 e. The molecule has 0 N–H and O–H groups in total. The SMILES string of the molecule is CCCCOC(=O)C1=CCSC2CC(=O)N12. The van der Waals surface area contributed by atoms with Gasteiger partial charge in [-0.15, -0.1) is 11.8 Å². The molecule has 16 heavy (non-hydrogen) atoms. The van der Waals surface area contributed by atoms with E-state index >= 15 is 0 Å². The lowest BCUT2D eigenvalue weighted by molar-refractivity contribution is -0.149. The number of β-lactam (4-membered cyclic amide) rings is 1. The number of fused-ring (bicyclic) bond motifs is 1. The van der Waals surface area contributed by atoms with Crippen LogP contribution in [0.25, 0.3) is 0 Å².